The third-order valence-corrected chi connectivity index (χ3v) is 3.74. The van der Waals surface area contributed by atoms with Crippen molar-refractivity contribution in [3.8, 4) is 0 Å². The largest absolute Gasteiger partial charge is 1.00 e. The normalized spacial score (nSPS) is 22.4. The van der Waals surface area contributed by atoms with E-state index in [9.17, 15) is 4.79 Å². The van der Waals surface area contributed by atoms with Gasteiger partial charge in [0.25, 0.3) is 0 Å². The van der Waals surface area contributed by atoms with Crippen LogP contribution in [0.5, 0.6) is 0 Å². The average molecular weight is 374 g/mol. The van der Waals surface area contributed by atoms with Crippen molar-refractivity contribution in [1.29, 1.82) is 0 Å². The fourth-order valence-electron chi connectivity index (χ4n) is 2.83. The number of amides is 1. The lowest BCUT2D eigenvalue weighted by atomic mass is 9.97. The molecular formula is C15H23IN2O. The third kappa shape index (κ3) is 4.76. The van der Waals surface area contributed by atoms with Crippen LogP contribution in [0.15, 0.2) is 30.3 Å². The van der Waals surface area contributed by atoms with Crippen LogP contribution in [0.4, 0.5) is 5.69 Å². The minimum absolute atomic E-state index is 0. The van der Waals surface area contributed by atoms with Gasteiger partial charge in [-0.25, -0.2) is 0 Å². The van der Waals surface area contributed by atoms with Crippen LogP contribution in [0.2, 0.25) is 0 Å². The lowest BCUT2D eigenvalue weighted by Gasteiger charge is -2.31. The first-order valence-corrected chi connectivity index (χ1v) is 6.81. The molecule has 2 atom stereocenters. The molecule has 3 nitrogen and oxygen atoms in total. The maximum Gasteiger partial charge on any atom is 0.223 e. The number of carbonyl (C=O) groups excluding carboxylic acids is 1. The zero-order valence-corrected chi connectivity index (χ0v) is 13.9. The number of halogens is 1. The summed E-state index contributed by atoms with van der Waals surface area (Å²) in [5, 5.41) is 0. The fraction of sp³-hybridized carbons (Fsp3) is 0.533. The van der Waals surface area contributed by atoms with Crippen LogP contribution in [0, 0.1) is 5.92 Å². The fourth-order valence-corrected chi connectivity index (χ4v) is 2.83. The first kappa shape index (κ1) is 16.4. The Morgan fingerprint density at radius 3 is 2.63 bits per heavy atom. The van der Waals surface area contributed by atoms with Crippen molar-refractivity contribution >= 4 is 11.6 Å². The summed E-state index contributed by atoms with van der Waals surface area (Å²) in [4.78, 5) is 15.3. The highest BCUT2D eigenvalue weighted by atomic mass is 127. The van der Waals surface area contributed by atoms with Gasteiger partial charge in [-0.2, -0.15) is 0 Å². The Kier molecular flexibility index (Phi) is 6.79. The number of rotatable bonds is 3. The number of piperidine rings is 1. The second-order valence-corrected chi connectivity index (χ2v) is 5.38. The number of benzene rings is 1. The van der Waals surface area contributed by atoms with Gasteiger partial charge in [-0.15, -0.1) is 0 Å². The number of nitrogens with zero attached hydrogens (tertiary/aromatic N) is 1. The minimum Gasteiger partial charge on any atom is -1.00 e. The average Bonchev–Trinajstić information content (AvgIpc) is 2.37. The highest BCUT2D eigenvalue weighted by Crippen LogP contribution is 2.17. The summed E-state index contributed by atoms with van der Waals surface area (Å²) in [6, 6.07) is 10.00. The Morgan fingerprint density at radius 2 is 2.05 bits per heavy atom. The molecule has 1 amide bonds. The molecule has 1 aromatic carbocycles. The number of hydrogen-bond acceptors (Lipinski definition) is 1. The molecule has 1 aliphatic rings. The Bertz CT molecular complexity index is 396. The van der Waals surface area contributed by atoms with E-state index in [1.807, 2.05) is 35.2 Å². The van der Waals surface area contributed by atoms with Crippen LogP contribution in [-0.4, -0.2) is 32.6 Å². The van der Waals surface area contributed by atoms with Gasteiger partial charge >= 0.3 is 0 Å². The van der Waals surface area contributed by atoms with Crippen molar-refractivity contribution in [2.75, 3.05) is 31.6 Å². The first-order valence-electron chi connectivity index (χ1n) is 6.81. The van der Waals surface area contributed by atoms with E-state index in [4.69, 9.17) is 0 Å². The van der Waals surface area contributed by atoms with E-state index in [1.54, 1.807) is 11.8 Å². The molecule has 19 heavy (non-hydrogen) atoms. The van der Waals surface area contributed by atoms with Gasteiger partial charge in [-0.1, -0.05) is 18.2 Å². The molecule has 0 bridgehead atoms. The molecule has 4 heteroatoms. The van der Waals surface area contributed by atoms with Crippen LogP contribution in [0.1, 0.15) is 19.8 Å². The van der Waals surface area contributed by atoms with Crippen LogP contribution in [-0.2, 0) is 4.79 Å². The maximum atomic E-state index is 11.8. The molecule has 1 aromatic rings. The molecule has 1 fully saturated rings. The predicted octanol–water partition coefficient (Wildman–Crippen LogP) is -2.03. The topological polar surface area (TPSA) is 24.8 Å². The quantitative estimate of drug-likeness (QED) is 0.607. The third-order valence-electron chi connectivity index (χ3n) is 3.74. The molecule has 106 valence electrons. The molecule has 2 unspecified atom stereocenters. The van der Waals surface area contributed by atoms with Crippen molar-refractivity contribution in [2.24, 2.45) is 5.92 Å². The molecule has 1 saturated heterocycles. The lowest BCUT2D eigenvalue weighted by Crippen LogP contribution is -3.10. The van der Waals surface area contributed by atoms with Gasteiger partial charge in [-0.05, 0) is 25.0 Å². The molecular weight excluding hydrogens is 351 g/mol. The highest BCUT2D eigenvalue weighted by Gasteiger charge is 2.24. The molecule has 1 N–H and O–H groups in total. The van der Waals surface area contributed by atoms with E-state index < -0.39 is 0 Å². The van der Waals surface area contributed by atoms with Gasteiger partial charge in [0.15, 0.2) is 0 Å². The Morgan fingerprint density at radius 1 is 1.37 bits per heavy atom. The SMILES string of the molecule is CC(=O)N(CC1CCC[NH+](C)C1)c1ccccc1.[I-]. The van der Waals surface area contributed by atoms with Crippen LogP contribution < -0.4 is 33.8 Å². The number of nitrogens with one attached hydrogen (secondary N) is 1. The first-order chi connectivity index (χ1) is 8.66. The molecule has 0 aliphatic carbocycles. The maximum absolute atomic E-state index is 11.8. The molecule has 1 aliphatic heterocycles. The molecule has 0 aromatic heterocycles. The summed E-state index contributed by atoms with van der Waals surface area (Å²) in [7, 11) is 2.24. The number of anilines is 1. The van der Waals surface area contributed by atoms with Crippen LogP contribution in [0.3, 0.4) is 0 Å². The lowest BCUT2D eigenvalue weighted by molar-refractivity contribution is -0.888. The Labute approximate surface area is 133 Å². The monoisotopic (exact) mass is 374 g/mol. The molecule has 1 heterocycles. The van der Waals surface area contributed by atoms with E-state index in [2.05, 4.69) is 7.05 Å². The van der Waals surface area contributed by atoms with E-state index in [0.29, 0.717) is 5.92 Å². The zero-order chi connectivity index (χ0) is 13.0. The van der Waals surface area contributed by atoms with Gasteiger partial charge in [0.2, 0.25) is 5.91 Å². The minimum atomic E-state index is 0. The molecule has 0 saturated carbocycles. The Hall–Kier alpha value is -0.620. The van der Waals surface area contributed by atoms with Gasteiger partial charge in [-0.3, -0.25) is 4.79 Å². The van der Waals surface area contributed by atoms with Gasteiger partial charge in [0.05, 0.1) is 20.1 Å². The standard InChI is InChI=1S/C15H22N2O.HI/c1-13(18)17(15-8-4-3-5-9-15)12-14-7-6-10-16(2)11-14;/h3-5,8-9,14H,6-7,10-12H2,1-2H3;1H. The van der Waals surface area contributed by atoms with Gasteiger partial charge in [0.1, 0.15) is 0 Å². The summed E-state index contributed by atoms with van der Waals surface area (Å²) in [5.74, 6) is 0.771. The van der Waals surface area contributed by atoms with E-state index in [-0.39, 0.29) is 29.9 Å². The van der Waals surface area contributed by atoms with Gasteiger partial charge < -0.3 is 33.8 Å². The summed E-state index contributed by atoms with van der Waals surface area (Å²) in [6.45, 7) is 4.96. The van der Waals surface area contributed by atoms with Crippen molar-refractivity contribution in [3.63, 3.8) is 0 Å². The van der Waals surface area contributed by atoms with E-state index >= 15 is 0 Å². The van der Waals surface area contributed by atoms with E-state index in [0.717, 1.165) is 12.2 Å². The van der Waals surface area contributed by atoms with Crippen molar-refractivity contribution in [1.82, 2.24) is 0 Å². The summed E-state index contributed by atoms with van der Waals surface area (Å²) >= 11 is 0. The molecule has 2 rings (SSSR count). The highest BCUT2D eigenvalue weighted by molar-refractivity contribution is 5.91. The molecule has 0 radical (unpaired) electrons. The molecule has 0 spiro atoms. The van der Waals surface area contributed by atoms with Gasteiger partial charge in [0, 0.05) is 25.1 Å². The van der Waals surface area contributed by atoms with Crippen molar-refractivity contribution in [3.05, 3.63) is 30.3 Å². The number of hydrogen-bond donors (Lipinski definition) is 1. The van der Waals surface area contributed by atoms with Crippen LogP contribution in [0.25, 0.3) is 0 Å². The second-order valence-electron chi connectivity index (χ2n) is 5.38. The van der Waals surface area contributed by atoms with Crippen molar-refractivity contribution < 1.29 is 33.7 Å². The number of likely N-dealkylation sites (tertiary alicyclic amines) is 1. The number of para-hydroxylation sites is 1. The van der Waals surface area contributed by atoms with Crippen LogP contribution >= 0.6 is 0 Å². The summed E-state index contributed by atoms with van der Waals surface area (Å²) < 4.78 is 0. The Balaban J connectivity index is 0.00000180. The second kappa shape index (κ2) is 7.85. The number of quaternary nitrogens is 1. The summed E-state index contributed by atoms with van der Waals surface area (Å²) in [5.41, 5.74) is 1.02. The zero-order valence-electron chi connectivity index (χ0n) is 11.7. The smallest absolute Gasteiger partial charge is 0.223 e. The summed E-state index contributed by atoms with van der Waals surface area (Å²) in [6.07, 6.45) is 2.52. The van der Waals surface area contributed by atoms with E-state index in [1.165, 1.54) is 25.9 Å². The number of carbonyl (C=O) groups is 1. The van der Waals surface area contributed by atoms with Crippen molar-refractivity contribution in [2.45, 2.75) is 19.8 Å². The predicted molar refractivity (Wildman–Crippen MR) is 73.8 cm³/mol.